The lowest BCUT2D eigenvalue weighted by atomic mass is 10.2. The monoisotopic (exact) mass is 312 g/mol. The molecule has 0 fully saturated rings. The van der Waals surface area contributed by atoms with E-state index in [0.717, 1.165) is 21.7 Å². The lowest BCUT2D eigenvalue weighted by molar-refractivity contribution is 0.282. The summed E-state index contributed by atoms with van der Waals surface area (Å²) in [7, 11) is -1.09. The molecule has 112 valence electrons. The van der Waals surface area contributed by atoms with Gasteiger partial charge in [-0.2, -0.15) is 5.10 Å². The van der Waals surface area contributed by atoms with Crippen LogP contribution in [-0.2, 0) is 23.2 Å². The Kier molecular flexibility index (Phi) is 4.46. The molecule has 1 N–H and O–H groups in total. The van der Waals surface area contributed by atoms with Gasteiger partial charge in [-0.3, -0.25) is 4.21 Å². The molecule has 5 heteroatoms. The summed E-state index contributed by atoms with van der Waals surface area (Å²) in [6, 6.07) is 17.0. The van der Waals surface area contributed by atoms with Crippen molar-refractivity contribution in [3.63, 3.8) is 0 Å². The Balaban J connectivity index is 1.71. The molecule has 3 rings (SSSR count). The zero-order valence-electron chi connectivity index (χ0n) is 11.9. The predicted octanol–water partition coefficient (Wildman–Crippen LogP) is 2.67. The van der Waals surface area contributed by atoms with E-state index in [-0.39, 0.29) is 6.61 Å². The normalized spacial score (nSPS) is 12.2. The first-order valence-electron chi connectivity index (χ1n) is 6.93. The molecule has 1 heterocycles. The number of aromatic nitrogens is 2. The van der Waals surface area contributed by atoms with Crippen molar-refractivity contribution in [3.8, 4) is 5.69 Å². The highest BCUT2D eigenvalue weighted by Crippen LogP contribution is 2.15. The van der Waals surface area contributed by atoms with E-state index in [2.05, 4.69) is 5.10 Å². The topological polar surface area (TPSA) is 55.1 Å². The van der Waals surface area contributed by atoms with Crippen LogP contribution < -0.4 is 0 Å². The Bertz CT molecular complexity index is 750. The molecule has 0 spiro atoms. The number of hydrogen-bond donors (Lipinski definition) is 1. The van der Waals surface area contributed by atoms with Crippen LogP contribution in [-0.4, -0.2) is 19.1 Å². The lowest BCUT2D eigenvalue weighted by Crippen LogP contribution is -1.98. The van der Waals surface area contributed by atoms with Crippen LogP contribution in [0.3, 0.4) is 0 Å². The van der Waals surface area contributed by atoms with Gasteiger partial charge in [-0.15, -0.1) is 0 Å². The quantitative estimate of drug-likeness (QED) is 0.788. The first-order valence-corrected chi connectivity index (χ1v) is 8.25. The Hall–Kier alpha value is -2.24. The van der Waals surface area contributed by atoms with E-state index in [0.29, 0.717) is 5.75 Å². The third-order valence-electron chi connectivity index (χ3n) is 3.37. The van der Waals surface area contributed by atoms with Crippen LogP contribution in [0.4, 0.5) is 0 Å². The van der Waals surface area contributed by atoms with Gasteiger partial charge in [-0.05, 0) is 41.5 Å². The fraction of sp³-hybridized carbons (Fsp3) is 0.118. The third kappa shape index (κ3) is 3.32. The summed E-state index contributed by atoms with van der Waals surface area (Å²) in [5.74, 6) is 0.470. The molecule has 1 atom stereocenters. The SMILES string of the molecule is O=[S@@](Cc1ccc(-n2cccn2)cc1)c1ccc(CO)cc1. The molecule has 0 saturated heterocycles. The molecule has 3 aromatic rings. The van der Waals surface area contributed by atoms with Crippen molar-refractivity contribution in [1.82, 2.24) is 9.78 Å². The molecule has 0 amide bonds. The van der Waals surface area contributed by atoms with Gasteiger partial charge in [0.05, 0.1) is 28.8 Å². The second-order valence-corrected chi connectivity index (χ2v) is 6.36. The zero-order chi connectivity index (χ0) is 15.4. The molecule has 22 heavy (non-hydrogen) atoms. The number of nitrogens with zero attached hydrogens (tertiary/aromatic N) is 2. The van der Waals surface area contributed by atoms with Crippen LogP contribution in [0.1, 0.15) is 11.1 Å². The molecular weight excluding hydrogens is 296 g/mol. The second-order valence-electron chi connectivity index (χ2n) is 4.91. The van der Waals surface area contributed by atoms with Crippen molar-refractivity contribution in [2.75, 3.05) is 0 Å². The molecule has 0 saturated carbocycles. The maximum atomic E-state index is 12.4. The molecule has 0 aliphatic rings. The molecule has 2 aromatic carbocycles. The van der Waals surface area contributed by atoms with Crippen molar-refractivity contribution in [2.24, 2.45) is 0 Å². The summed E-state index contributed by atoms with van der Waals surface area (Å²) in [5, 5.41) is 13.2. The van der Waals surface area contributed by atoms with E-state index < -0.39 is 10.8 Å². The van der Waals surface area contributed by atoms with Crippen LogP contribution in [0.2, 0.25) is 0 Å². The molecule has 0 bridgehead atoms. The maximum Gasteiger partial charge on any atom is 0.0681 e. The van der Waals surface area contributed by atoms with E-state index >= 15 is 0 Å². The highest BCUT2D eigenvalue weighted by atomic mass is 32.2. The number of aliphatic hydroxyl groups is 1. The van der Waals surface area contributed by atoms with Crippen molar-refractivity contribution in [2.45, 2.75) is 17.3 Å². The first kappa shape index (κ1) is 14.7. The van der Waals surface area contributed by atoms with Crippen molar-refractivity contribution >= 4 is 10.8 Å². The minimum atomic E-state index is -1.09. The van der Waals surface area contributed by atoms with Crippen LogP contribution in [0, 0.1) is 0 Å². The average molecular weight is 312 g/mol. The molecule has 0 aliphatic carbocycles. The second kappa shape index (κ2) is 6.68. The van der Waals surface area contributed by atoms with Crippen LogP contribution in [0.15, 0.2) is 71.9 Å². The summed E-state index contributed by atoms with van der Waals surface area (Å²) in [5.41, 5.74) is 2.82. The van der Waals surface area contributed by atoms with Crippen LogP contribution in [0.5, 0.6) is 0 Å². The smallest absolute Gasteiger partial charge is 0.0681 e. The Morgan fingerprint density at radius 1 is 1.00 bits per heavy atom. The number of rotatable bonds is 5. The van der Waals surface area contributed by atoms with Crippen LogP contribution in [0.25, 0.3) is 5.69 Å². The van der Waals surface area contributed by atoms with E-state index in [1.165, 1.54) is 0 Å². The van der Waals surface area contributed by atoms with Crippen molar-refractivity contribution in [3.05, 3.63) is 78.1 Å². The fourth-order valence-electron chi connectivity index (χ4n) is 2.15. The zero-order valence-corrected chi connectivity index (χ0v) is 12.7. The average Bonchev–Trinajstić information content (AvgIpc) is 3.10. The summed E-state index contributed by atoms with van der Waals surface area (Å²) in [6.07, 6.45) is 3.62. The molecule has 0 radical (unpaired) electrons. The molecule has 1 aromatic heterocycles. The number of benzene rings is 2. The summed E-state index contributed by atoms with van der Waals surface area (Å²) < 4.78 is 14.1. The highest BCUT2D eigenvalue weighted by Gasteiger charge is 2.06. The number of hydrogen-bond acceptors (Lipinski definition) is 3. The van der Waals surface area contributed by atoms with Crippen LogP contribution >= 0.6 is 0 Å². The van der Waals surface area contributed by atoms with Gasteiger partial charge in [-0.25, -0.2) is 4.68 Å². The van der Waals surface area contributed by atoms with Gasteiger partial charge in [0.1, 0.15) is 0 Å². The van der Waals surface area contributed by atoms with Crippen molar-refractivity contribution < 1.29 is 9.32 Å². The Morgan fingerprint density at radius 3 is 2.27 bits per heavy atom. The molecule has 0 aliphatic heterocycles. The van der Waals surface area contributed by atoms with Gasteiger partial charge >= 0.3 is 0 Å². The van der Waals surface area contributed by atoms with Gasteiger partial charge in [0, 0.05) is 17.3 Å². The summed E-state index contributed by atoms with van der Waals surface area (Å²) in [6.45, 7) is 0.00179. The van der Waals surface area contributed by atoms with Gasteiger partial charge in [0.15, 0.2) is 0 Å². The highest BCUT2D eigenvalue weighted by molar-refractivity contribution is 7.84. The van der Waals surface area contributed by atoms with Gasteiger partial charge in [0.2, 0.25) is 0 Å². The standard InChI is InChI=1S/C17H16N2O2S/c20-12-14-4-8-17(9-5-14)22(21)13-15-2-6-16(7-3-15)19-11-1-10-18-19/h1-11,20H,12-13H2/t22-/m0/s1. The van der Waals surface area contributed by atoms with E-state index in [4.69, 9.17) is 5.11 Å². The van der Waals surface area contributed by atoms with E-state index in [1.807, 2.05) is 36.5 Å². The van der Waals surface area contributed by atoms with Gasteiger partial charge < -0.3 is 5.11 Å². The molecule has 0 unspecified atom stereocenters. The maximum absolute atomic E-state index is 12.4. The Labute approximate surface area is 131 Å². The van der Waals surface area contributed by atoms with Gasteiger partial charge in [-0.1, -0.05) is 24.3 Å². The lowest BCUT2D eigenvalue weighted by Gasteiger charge is -2.06. The first-order chi connectivity index (χ1) is 10.8. The Morgan fingerprint density at radius 2 is 1.68 bits per heavy atom. The third-order valence-corrected chi connectivity index (χ3v) is 4.77. The van der Waals surface area contributed by atoms with E-state index in [9.17, 15) is 4.21 Å². The molecular formula is C17H16N2O2S. The van der Waals surface area contributed by atoms with E-state index in [1.54, 1.807) is 35.1 Å². The minimum Gasteiger partial charge on any atom is -0.392 e. The fourth-order valence-corrected chi connectivity index (χ4v) is 3.25. The minimum absolute atomic E-state index is 0.00179. The number of aliphatic hydroxyl groups excluding tert-OH is 1. The molecule has 4 nitrogen and oxygen atoms in total. The largest absolute Gasteiger partial charge is 0.392 e. The summed E-state index contributed by atoms with van der Waals surface area (Å²) in [4.78, 5) is 0.772. The van der Waals surface area contributed by atoms with Gasteiger partial charge in [0.25, 0.3) is 0 Å². The van der Waals surface area contributed by atoms with Crippen molar-refractivity contribution in [1.29, 1.82) is 0 Å². The summed E-state index contributed by atoms with van der Waals surface area (Å²) >= 11 is 0. The predicted molar refractivity (Wildman–Crippen MR) is 86.0 cm³/mol.